The Kier molecular flexibility index (Phi) is 6.39. The van der Waals surface area contributed by atoms with Crippen LogP contribution in [0.2, 0.25) is 0 Å². The van der Waals surface area contributed by atoms with Crippen molar-refractivity contribution in [1.82, 2.24) is 4.98 Å². The fraction of sp³-hybridized carbons (Fsp3) is 0.200. The monoisotopic (exact) mass is 449 g/mol. The molecular weight excluding hydrogens is 422 g/mol. The molecule has 0 radical (unpaired) electrons. The Morgan fingerprint density at radius 2 is 1.65 bits per heavy atom. The summed E-state index contributed by atoms with van der Waals surface area (Å²) < 4.78 is 6.51. The molecule has 0 fully saturated rings. The molecule has 1 atom stereocenters. The molecule has 1 aliphatic rings. The van der Waals surface area contributed by atoms with Crippen LogP contribution >= 0.6 is 0 Å². The molecule has 1 aliphatic carbocycles. The number of allylic oxidation sites excluding steroid dienone is 2. The molecule has 0 saturated carbocycles. The Bertz CT molecular complexity index is 1250. The summed E-state index contributed by atoms with van der Waals surface area (Å²) in [5.74, 6) is 0.765. The van der Waals surface area contributed by atoms with Crippen LogP contribution in [0.1, 0.15) is 47.5 Å². The van der Waals surface area contributed by atoms with Crippen LogP contribution in [0.4, 0.5) is 0 Å². The highest BCUT2D eigenvalue weighted by Gasteiger charge is 2.25. The third-order valence-corrected chi connectivity index (χ3v) is 6.42. The molecule has 1 aromatic heterocycles. The first kappa shape index (κ1) is 21.9. The number of benzene rings is 3. The van der Waals surface area contributed by atoms with Gasteiger partial charge in [0.15, 0.2) is 5.76 Å². The predicted octanol–water partition coefficient (Wildman–Crippen LogP) is 7.52. The highest BCUT2D eigenvalue weighted by Crippen LogP contribution is 2.39. The van der Waals surface area contributed by atoms with E-state index < -0.39 is 5.97 Å². The van der Waals surface area contributed by atoms with Gasteiger partial charge in [0.25, 0.3) is 0 Å². The Labute approximate surface area is 199 Å². The first-order chi connectivity index (χ1) is 16.7. The molecule has 5 rings (SSSR count). The number of oxazole rings is 1. The van der Waals surface area contributed by atoms with Gasteiger partial charge in [0.1, 0.15) is 5.69 Å². The number of carbonyl (C=O) groups is 1. The number of hydrogen-bond donors (Lipinski definition) is 1. The van der Waals surface area contributed by atoms with Gasteiger partial charge in [0, 0.05) is 16.7 Å². The van der Waals surface area contributed by atoms with Crippen molar-refractivity contribution in [3.8, 4) is 22.6 Å². The molecule has 0 saturated heterocycles. The van der Waals surface area contributed by atoms with Crippen LogP contribution < -0.4 is 0 Å². The molecule has 0 bridgehead atoms. The van der Waals surface area contributed by atoms with Crippen molar-refractivity contribution in [2.75, 3.05) is 0 Å². The van der Waals surface area contributed by atoms with Gasteiger partial charge in [0.05, 0.1) is 5.56 Å². The van der Waals surface area contributed by atoms with Crippen LogP contribution in [0.3, 0.4) is 0 Å². The number of aromatic carboxylic acids is 1. The number of carboxylic acids is 1. The summed E-state index contributed by atoms with van der Waals surface area (Å²) in [5, 5.41) is 9.40. The summed E-state index contributed by atoms with van der Waals surface area (Å²) >= 11 is 0. The zero-order valence-corrected chi connectivity index (χ0v) is 19.0. The molecule has 1 N–H and O–H groups in total. The van der Waals surface area contributed by atoms with Gasteiger partial charge in [-0.1, -0.05) is 85.3 Å². The lowest BCUT2D eigenvalue weighted by atomic mass is 9.88. The van der Waals surface area contributed by atoms with Crippen molar-refractivity contribution in [2.45, 2.75) is 32.1 Å². The van der Waals surface area contributed by atoms with E-state index in [1.807, 2.05) is 60.7 Å². The van der Waals surface area contributed by atoms with E-state index in [-0.39, 0.29) is 5.92 Å². The lowest BCUT2D eigenvalue weighted by molar-refractivity contribution is 0.0696. The van der Waals surface area contributed by atoms with Crippen molar-refractivity contribution < 1.29 is 14.3 Å². The van der Waals surface area contributed by atoms with Crippen LogP contribution in [0.25, 0.3) is 28.2 Å². The molecule has 4 nitrogen and oxygen atoms in total. The molecular formula is C30H27NO3. The summed E-state index contributed by atoms with van der Waals surface area (Å²) in [6, 6.07) is 27.5. The van der Waals surface area contributed by atoms with Gasteiger partial charge in [-0.25, -0.2) is 9.78 Å². The first-order valence-corrected chi connectivity index (χ1v) is 11.8. The van der Waals surface area contributed by atoms with E-state index in [2.05, 4.69) is 18.2 Å². The fourth-order valence-corrected chi connectivity index (χ4v) is 4.73. The van der Waals surface area contributed by atoms with Crippen molar-refractivity contribution in [3.05, 3.63) is 108 Å². The van der Waals surface area contributed by atoms with Crippen LogP contribution in [0.5, 0.6) is 0 Å². The lowest BCUT2D eigenvalue weighted by Gasteiger charge is -2.17. The molecule has 0 spiro atoms. The van der Waals surface area contributed by atoms with Crippen LogP contribution in [-0.4, -0.2) is 16.1 Å². The van der Waals surface area contributed by atoms with Crippen molar-refractivity contribution in [1.29, 1.82) is 0 Å². The normalized spacial score (nSPS) is 16.0. The van der Waals surface area contributed by atoms with Crippen molar-refractivity contribution >= 4 is 11.5 Å². The van der Waals surface area contributed by atoms with Gasteiger partial charge in [-0.2, -0.15) is 0 Å². The zero-order valence-electron chi connectivity index (χ0n) is 19.0. The van der Waals surface area contributed by atoms with E-state index in [1.54, 1.807) is 12.1 Å². The predicted molar refractivity (Wildman–Crippen MR) is 134 cm³/mol. The van der Waals surface area contributed by atoms with E-state index in [4.69, 9.17) is 9.40 Å². The third kappa shape index (κ3) is 4.72. The Hall–Kier alpha value is -3.92. The number of hydrogen-bond acceptors (Lipinski definition) is 3. The topological polar surface area (TPSA) is 63.3 Å². The summed E-state index contributed by atoms with van der Waals surface area (Å²) in [4.78, 5) is 16.5. The average Bonchev–Trinajstić information content (AvgIpc) is 3.19. The molecule has 170 valence electrons. The maximum atomic E-state index is 11.5. The highest BCUT2D eigenvalue weighted by atomic mass is 16.4. The van der Waals surface area contributed by atoms with Crippen molar-refractivity contribution in [3.63, 3.8) is 0 Å². The van der Waals surface area contributed by atoms with Crippen molar-refractivity contribution in [2.24, 2.45) is 5.92 Å². The second kappa shape index (κ2) is 9.92. The van der Waals surface area contributed by atoms with Gasteiger partial charge < -0.3 is 9.52 Å². The number of rotatable bonds is 6. The summed E-state index contributed by atoms with van der Waals surface area (Å²) in [7, 11) is 0. The highest BCUT2D eigenvalue weighted by molar-refractivity contribution is 5.87. The molecule has 4 heteroatoms. The minimum Gasteiger partial charge on any atom is -0.478 e. The number of carboxylic acid groups (broad SMARTS) is 1. The maximum Gasteiger partial charge on any atom is 0.335 e. The van der Waals surface area contributed by atoms with E-state index in [1.165, 1.54) is 0 Å². The van der Waals surface area contributed by atoms with Gasteiger partial charge >= 0.3 is 5.97 Å². The number of nitrogens with zero attached hydrogens (tertiary/aromatic N) is 1. The summed E-state index contributed by atoms with van der Waals surface area (Å²) in [6.07, 6.45) is 7.30. The molecule has 34 heavy (non-hydrogen) atoms. The molecule has 1 unspecified atom stereocenters. The summed E-state index contributed by atoms with van der Waals surface area (Å²) in [6.45, 7) is 0. The number of aromatic nitrogens is 1. The van der Waals surface area contributed by atoms with Crippen LogP contribution in [-0.2, 0) is 6.42 Å². The Morgan fingerprint density at radius 3 is 2.38 bits per heavy atom. The van der Waals surface area contributed by atoms with E-state index in [9.17, 15) is 9.90 Å². The molecule has 1 heterocycles. The van der Waals surface area contributed by atoms with Gasteiger partial charge in [-0.05, 0) is 49.3 Å². The van der Waals surface area contributed by atoms with Gasteiger partial charge in [0.2, 0.25) is 5.89 Å². The fourth-order valence-electron chi connectivity index (χ4n) is 4.73. The van der Waals surface area contributed by atoms with Crippen LogP contribution in [0, 0.1) is 5.92 Å². The standard InChI is InChI=1S/C30H27NO3/c32-30(33)25-17-10-11-21(20-25)19-24-16-8-3-9-18-26(24)29-31-27(22-12-4-1-5-13-22)28(34-29)23-14-6-2-7-15-23/h1-2,4-7,10-15,17-18,20,24H,3,8-9,16,19H2,(H,32,33). The minimum atomic E-state index is -0.897. The zero-order chi connectivity index (χ0) is 23.3. The first-order valence-electron chi connectivity index (χ1n) is 11.8. The smallest absolute Gasteiger partial charge is 0.335 e. The molecule has 3 aromatic carbocycles. The minimum absolute atomic E-state index is 0.220. The molecule has 0 aliphatic heterocycles. The Morgan fingerprint density at radius 1 is 0.912 bits per heavy atom. The average molecular weight is 450 g/mol. The summed E-state index contributed by atoms with van der Waals surface area (Å²) in [5.41, 5.74) is 5.34. The van der Waals surface area contributed by atoms with Crippen LogP contribution in [0.15, 0.2) is 95.4 Å². The maximum absolute atomic E-state index is 11.5. The van der Waals surface area contributed by atoms with Gasteiger partial charge in [-0.15, -0.1) is 0 Å². The molecule has 4 aromatic rings. The SMILES string of the molecule is O=C(O)c1cccc(CC2CCCCC=C2c2nc(-c3ccccc3)c(-c3ccccc3)o2)c1. The quantitative estimate of drug-likeness (QED) is 0.331. The van der Waals surface area contributed by atoms with E-state index in [0.29, 0.717) is 11.5 Å². The third-order valence-electron chi connectivity index (χ3n) is 6.42. The molecule has 0 amide bonds. The Balaban J connectivity index is 1.55. The lowest BCUT2D eigenvalue weighted by Crippen LogP contribution is -2.08. The second-order valence-corrected chi connectivity index (χ2v) is 8.78. The van der Waals surface area contributed by atoms with E-state index in [0.717, 1.165) is 65.8 Å². The second-order valence-electron chi connectivity index (χ2n) is 8.78. The van der Waals surface area contributed by atoms with E-state index >= 15 is 0 Å². The van der Waals surface area contributed by atoms with Gasteiger partial charge in [-0.3, -0.25) is 0 Å². The largest absolute Gasteiger partial charge is 0.478 e.